The van der Waals surface area contributed by atoms with Crippen molar-refractivity contribution in [2.45, 2.75) is 11.8 Å². The highest BCUT2D eigenvalue weighted by Gasteiger charge is 2.21. The molecule has 0 spiro atoms. The fraction of sp³-hybridized carbons (Fsp3) is 0.500. The third-order valence-corrected chi connectivity index (χ3v) is 6.41. The Balaban J connectivity index is 1.91. The molecule has 1 atom stereocenters. The van der Waals surface area contributed by atoms with E-state index in [1.165, 1.54) is 9.35 Å². The molecule has 1 aliphatic heterocycles. The van der Waals surface area contributed by atoms with Gasteiger partial charge in [-0.25, -0.2) is 0 Å². The number of thioether (sulfide) groups is 1. The zero-order chi connectivity index (χ0) is 11.5. The fourth-order valence-corrected chi connectivity index (χ4v) is 4.44. The van der Waals surface area contributed by atoms with E-state index in [-0.39, 0.29) is 0 Å². The zero-order valence-corrected chi connectivity index (χ0v) is 13.6. The van der Waals surface area contributed by atoms with Crippen LogP contribution < -0.4 is 0 Å². The lowest BCUT2D eigenvalue weighted by Crippen LogP contribution is -2.22. The number of aliphatic imine (C=N–C) groups is 1. The molecular weight excluding hydrogens is 372 g/mol. The monoisotopic (exact) mass is 382 g/mol. The van der Waals surface area contributed by atoms with Crippen molar-refractivity contribution in [1.82, 2.24) is 4.90 Å². The van der Waals surface area contributed by atoms with E-state index in [0.717, 1.165) is 23.6 Å². The van der Waals surface area contributed by atoms with Gasteiger partial charge in [0.25, 0.3) is 0 Å². The first-order valence-corrected chi connectivity index (χ1v) is 8.57. The lowest BCUT2D eigenvalue weighted by Gasteiger charge is -2.17. The molecule has 2 rings (SSSR count). The average molecular weight is 384 g/mol. The number of rotatable bonds is 3. The molecule has 0 aromatic carbocycles. The lowest BCUT2D eigenvalue weighted by molar-refractivity contribution is 0.515. The number of hydrogen-bond donors (Lipinski definition) is 0. The summed E-state index contributed by atoms with van der Waals surface area (Å²) >= 11 is 10.6. The Morgan fingerprint density at radius 3 is 3.00 bits per heavy atom. The summed E-state index contributed by atoms with van der Waals surface area (Å²) in [6.07, 6.45) is 0. The normalized spacial score (nSPS) is 19.9. The zero-order valence-electron chi connectivity index (χ0n) is 8.82. The van der Waals surface area contributed by atoms with E-state index in [0.29, 0.717) is 5.25 Å². The first-order valence-electron chi connectivity index (χ1n) is 4.90. The van der Waals surface area contributed by atoms with Crippen LogP contribution in [0.25, 0.3) is 0 Å². The number of amidine groups is 1. The smallest absolute Gasteiger partial charge is 0.159 e. The van der Waals surface area contributed by atoms with E-state index in [1.807, 2.05) is 11.8 Å². The largest absolute Gasteiger partial charge is 0.349 e. The quantitative estimate of drug-likeness (QED) is 0.737. The molecule has 0 saturated carbocycles. The maximum atomic E-state index is 4.56. The molecule has 0 aliphatic carbocycles. The van der Waals surface area contributed by atoms with Gasteiger partial charge in [0, 0.05) is 32.4 Å². The molecule has 0 bridgehead atoms. The Labute approximate surface area is 121 Å². The van der Waals surface area contributed by atoms with Crippen molar-refractivity contribution >= 4 is 60.1 Å². The van der Waals surface area contributed by atoms with Crippen LogP contribution in [0.4, 0.5) is 0 Å². The maximum Gasteiger partial charge on any atom is 0.159 e. The molecule has 1 unspecified atom stereocenters. The maximum absolute atomic E-state index is 4.56. The van der Waals surface area contributed by atoms with Gasteiger partial charge < -0.3 is 4.90 Å². The van der Waals surface area contributed by atoms with E-state index in [2.05, 4.69) is 60.2 Å². The Morgan fingerprint density at radius 1 is 1.62 bits per heavy atom. The first kappa shape index (κ1) is 12.9. The predicted molar refractivity (Wildman–Crippen MR) is 81.0 cm³/mol. The van der Waals surface area contributed by atoms with Gasteiger partial charge in [0.2, 0.25) is 0 Å². The number of thiophene rings is 1. The minimum absolute atomic E-state index is 0.604. The van der Waals surface area contributed by atoms with Gasteiger partial charge in [0.15, 0.2) is 5.17 Å². The van der Waals surface area contributed by atoms with Crippen LogP contribution in [0.2, 0.25) is 0 Å². The van der Waals surface area contributed by atoms with E-state index in [1.54, 1.807) is 11.3 Å². The van der Waals surface area contributed by atoms with Gasteiger partial charge in [-0.2, -0.15) is 0 Å². The van der Waals surface area contributed by atoms with Crippen LogP contribution in [0, 0.1) is 0 Å². The molecule has 1 aromatic heterocycles. The van der Waals surface area contributed by atoms with E-state index < -0.39 is 0 Å². The summed E-state index contributed by atoms with van der Waals surface area (Å²) in [5.41, 5.74) is 0. The fourth-order valence-electron chi connectivity index (χ4n) is 1.43. The molecule has 0 radical (unpaired) electrons. The second-order valence-electron chi connectivity index (χ2n) is 3.60. The van der Waals surface area contributed by atoms with Crippen LogP contribution in [0.5, 0.6) is 0 Å². The summed E-state index contributed by atoms with van der Waals surface area (Å²) in [6.45, 7) is 1.88. The van der Waals surface area contributed by atoms with Gasteiger partial charge in [-0.1, -0.05) is 27.7 Å². The van der Waals surface area contributed by atoms with Gasteiger partial charge in [0.1, 0.15) is 0 Å². The molecule has 6 heteroatoms. The number of halogens is 2. The molecule has 0 N–H and O–H groups in total. The molecule has 2 heterocycles. The van der Waals surface area contributed by atoms with Crippen molar-refractivity contribution in [3.63, 3.8) is 0 Å². The Hall–Kier alpha value is 0.480. The standard InChI is InChI=1S/C10H12Br2N2S2/c1-14(5-8-2-7(12)6-15-8)10-13-4-9(3-11)16-10/h2,6,9H,3-5H2,1H3. The van der Waals surface area contributed by atoms with Crippen LogP contribution in [0.15, 0.2) is 20.9 Å². The molecule has 0 amide bonds. The SMILES string of the molecule is CN(Cc1cc(Br)cs1)C1=NCC(CBr)S1. The first-order chi connectivity index (χ1) is 7.69. The molecule has 88 valence electrons. The Morgan fingerprint density at radius 2 is 2.44 bits per heavy atom. The second-order valence-corrected chi connectivity index (χ2v) is 7.43. The summed E-state index contributed by atoms with van der Waals surface area (Å²) in [5.74, 6) is 0. The highest BCUT2D eigenvalue weighted by atomic mass is 79.9. The summed E-state index contributed by atoms with van der Waals surface area (Å²) in [5, 5.41) is 4.90. The van der Waals surface area contributed by atoms with E-state index >= 15 is 0 Å². The highest BCUT2D eigenvalue weighted by molar-refractivity contribution is 9.10. The van der Waals surface area contributed by atoms with Gasteiger partial charge in [-0.15, -0.1) is 11.3 Å². The van der Waals surface area contributed by atoms with E-state index in [9.17, 15) is 0 Å². The van der Waals surface area contributed by atoms with Crippen molar-refractivity contribution in [2.75, 3.05) is 18.9 Å². The van der Waals surface area contributed by atoms with Crippen LogP contribution in [0.3, 0.4) is 0 Å². The third-order valence-electron chi connectivity index (χ3n) is 2.22. The van der Waals surface area contributed by atoms with Crippen molar-refractivity contribution in [3.8, 4) is 0 Å². The van der Waals surface area contributed by atoms with Crippen molar-refractivity contribution in [2.24, 2.45) is 4.99 Å². The minimum atomic E-state index is 0.604. The number of hydrogen-bond acceptors (Lipinski definition) is 4. The predicted octanol–water partition coefficient (Wildman–Crippen LogP) is 3.81. The average Bonchev–Trinajstić information content (AvgIpc) is 2.87. The Kier molecular flexibility index (Phi) is 4.76. The summed E-state index contributed by atoms with van der Waals surface area (Å²) in [6, 6.07) is 2.17. The van der Waals surface area contributed by atoms with Crippen LogP contribution in [-0.4, -0.2) is 34.2 Å². The van der Waals surface area contributed by atoms with Gasteiger partial charge >= 0.3 is 0 Å². The number of alkyl halides is 1. The van der Waals surface area contributed by atoms with Gasteiger partial charge in [-0.05, 0) is 22.0 Å². The second kappa shape index (κ2) is 5.89. The third kappa shape index (κ3) is 3.24. The molecule has 16 heavy (non-hydrogen) atoms. The topological polar surface area (TPSA) is 15.6 Å². The van der Waals surface area contributed by atoms with Crippen molar-refractivity contribution in [3.05, 3.63) is 20.8 Å². The van der Waals surface area contributed by atoms with Crippen LogP contribution >= 0.6 is 55.0 Å². The summed E-state index contributed by atoms with van der Waals surface area (Å²) in [7, 11) is 2.11. The summed E-state index contributed by atoms with van der Waals surface area (Å²) < 4.78 is 1.17. The molecule has 0 fully saturated rings. The number of nitrogens with zero attached hydrogens (tertiary/aromatic N) is 2. The summed E-state index contributed by atoms with van der Waals surface area (Å²) in [4.78, 5) is 8.15. The Bertz CT molecular complexity index is 392. The van der Waals surface area contributed by atoms with E-state index in [4.69, 9.17) is 0 Å². The molecular formula is C10H12Br2N2S2. The van der Waals surface area contributed by atoms with Crippen molar-refractivity contribution in [1.29, 1.82) is 0 Å². The van der Waals surface area contributed by atoms with Gasteiger partial charge in [-0.3, -0.25) is 4.99 Å². The van der Waals surface area contributed by atoms with Crippen LogP contribution in [-0.2, 0) is 6.54 Å². The molecule has 1 aliphatic rings. The lowest BCUT2D eigenvalue weighted by atomic mass is 10.4. The van der Waals surface area contributed by atoms with Gasteiger partial charge in [0.05, 0.1) is 13.1 Å². The highest BCUT2D eigenvalue weighted by Crippen LogP contribution is 2.26. The van der Waals surface area contributed by atoms with Crippen molar-refractivity contribution < 1.29 is 0 Å². The van der Waals surface area contributed by atoms with Crippen LogP contribution in [0.1, 0.15) is 4.88 Å². The molecule has 1 aromatic rings. The molecule has 0 saturated heterocycles. The molecule has 2 nitrogen and oxygen atoms in total. The minimum Gasteiger partial charge on any atom is -0.349 e.